The summed E-state index contributed by atoms with van der Waals surface area (Å²) in [6.45, 7) is 4.72. The van der Waals surface area contributed by atoms with Crippen LogP contribution in [0.3, 0.4) is 0 Å². The van der Waals surface area contributed by atoms with Crippen LogP contribution in [0.1, 0.15) is 16.2 Å². The number of carbonyl (C=O) groups excluding carboxylic acids is 1. The molecule has 6 nitrogen and oxygen atoms in total. The maximum Gasteiger partial charge on any atom is 0.257 e. The van der Waals surface area contributed by atoms with Crippen molar-refractivity contribution >= 4 is 23.2 Å². The van der Waals surface area contributed by atoms with Crippen molar-refractivity contribution in [2.24, 2.45) is 0 Å². The van der Waals surface area contributed by atoms with E-state index in [1.807, 2.05) is 29.2 Å². The van der Waals surface area contributed by atoms with Crippen LogP contribution in [-0.2, 0) is 0 Å². The fraction of sp³-hybridized carbons (Fsp3) is 0.250. The number of aromatic nitrogens is 2. The summed E-state index contributed by atoms with van der Waals surface area (Å²) in [6, 6.07) is 15.1. The number of rotatable bonds is 3. The molecule has 0 bridgehead atoms. The SMILES string of the molecule is Cc1noc(-c2ccc(N3CCN(C(=O)c4cccc(Cl)c4)CC3)cc2)n1. The van der Waals surface area contributed by atoms with Crippen LogP contribution in [0.2, 0.25) is 5.02 Å². The molecule has 7 heteroatoms. The van der Waals surface area contributed by atoms with Gasteiger partial charge in [-0.2, -0.15) is 4.98 Å². The van der Waals surface area contributed by atoms with Crippen LogP contribution in [0, 0.1) is 6.92 Å². The molecule has 27 heavy (non-hydrogen) atoms. The van der Waals surface area contributed by atoms with Crippen LogP contribution in [0.5, 0.6) is 0 Å². The monoisotopic (exact) mass is 382 g/mol. The third kappa shape index (κ3) is 3.80. The van der Waals surface area contributed by atoms with E-state index >= 15 is 0 Å². The van der Waals surface area contributed by atoms with Crippen molar-refractivity contribution in [3.63, 3.8) is 0 Å². The van der Waals surface area contributed by atoms with Crippen molar-refractivity contribution in [3.8, 4) is 11.5 Å². The minimum atomic E-state index is 0.0271. The van der Waals surface area contributed by atoms with Gasteiger partial charge in [-0.15, -0.1) is 0 Å². The number of carbonyl (C=O) groups is 1. The van der Waals surface area contributed by atoms with E-state index in [1.165, 1.54) is 0 Å². The van der Waals surface area contributed by atoms with Crippen LogP contribution in [0.4, 0.5) is 5.69 Å². The Morgan fingerprint density at radius 3 is 2.44 bits per heavy atom. The summed E-state index contributed by atoms with van der Waals surface area (Å²) in [5, 5.41) is 4.40. The number of piperazine rings is 1. The molecule has 2 heterocycles. The number of benzene rings is 2. The lowest BCUT2D eigenvalue weighted by atomic mass is 10.1. The van der Waals surface area contributed by atoms with Crippen molar-refractivity contribution in [2.45, 2.75) is 6.92 Å². The molecular formula is C20H19ClN4O2. The molecule has 1 aliphatic rings. The first-order chi connectivity index (χ1) is 13.1. The average molecular weight is 383 g/mol. The Bertz CT molecular complexity index is 947. The topological polar surface area (TPSA) is 62.5 Å². The third-order valence-corrected chi connectivity index (χ3v) is 4.88. The number of hydrogen-bond donors (Lipinski definition) is 0. The van der Waals surface area contributed by atoms with Gasteiger partial charge in [-0.3, -0.25) is 4.79 Å². The van der Waals surface area contributed by atoms with Gasteiger partial charge in [-0.05, 0) is 49.4 Å². The Kier molecular flexibility index (Phi) is 4.81. The lowest BCUT2D eigenvalue weighted by Gasteiger charge is -2.36. The second-order valence-electron chi connectivity index (χ2n) is 6.48. The quantitative estimate of drug-likeness (QED) is 0.691. The Morgan fingerprint density at radius 2 is 1.81 bits per heavy atom. The van der Waals surface area contributed by atoms with E-state index in [-0.39, 0.29) is 5.91 Å². The van der Waals surface area contributed by atoms with Gasteiger partial charge in [0.15, 0.2) is 5.82 Å². The van der Waals surface area contributed by atoms with Gasteiger partial charge in [0.25, 0.3) is 11.8 Å². The molecule has 4 rings (SSSR count). The number of hydrogen-bond acceptors (Lipinski definition) is 5. The van der Waals surface area contributed by atoms with Gasteiger partial charge in [-0.1, -0.05) is 22.8 Å². The van der Waals surface area contributed by atoms with Crippen LogP contribution < -0.4 is 4.90 Å². The zero-order valence-corrected chi connectivity index (χ0v) is 15.7. The first-order valence-corrected chi connectivity index (χ1v) is 9.18. The molecule has 3 aromatic rings. The molecule has 0 spiro atoms. The normalized spacial score (nSPS) is 14.4. The Morgan fingerprint density at radius 1 is 1.07 bits per heavy atom. The number of halogens is 1. The molecule has 0 atom stereocenters. The lowest BCUT2D eigenvalue weighted by Crippen LogP contribution is -2.48. The van der Waals surface area contributed by atoms with Gasteiger partial charge in [0.05, 0.1) is 0 Å². The van der Waals surface area contributed by atoms with Gasteiger partial charge in [0.2, 0.25) is 0 Å². The van der Waals surface area contributed by atoms with Crippen LogP contribution in [-0.4, -0.2) is 47.1 Å². The van der Waals surface area contributed by atoms with Crippen molar-refractivity contribution in [3.05, 3.63) is 64.9 Å². The summed E-state index contributed by atoms with van der Waals surface area (Å²) in [4.78, 5) is 21.0. The Labute approximate surface area is 162 Å². The largest absolute Gasteiger partial charge is 0.368 e. The predicted molar refractivity (Wildman–Crippen MR) is 104 cm³/mol. The van der Waals surface area contributed by atoms with E-state index in [0.717, 1.165) is 24.3 Å². The van der Waals surface area contributed by atoms with Crippen molar-refractivity contribution in [1.82, 2.24) is 15.0 Å². The van der Waals surface area contributed by atoms with Gasteiger partial charge >= 0.3 is 0 Å². The van der Waals surface area contributed by atoms with Crippen molar-refractivity contribution < 1.29 is 9.32 Å². The highest BCUT2D eigenvalue weighted by atomic mass is 35.5. The average Bonchev–Trinajstić information content (AvgIpc) is 3.14. The van der Waals surface area contributed by atoms with E-state index in [2.05, 4.69) is 15.0 Å². The highest BCUT2D eigenvalue weighted by Crippen LogP contribution is 2.23. The van der Waals surface area contributed by atoms with Crippen LogP contribution >= 0.6 is 11.6 Å². The number of aryl methyl sites for hydroxylation is 1. The fourth-order valence-electron chi connectivity index (χ4n) is 3.20. The molecule has 1 aromatic heterocycles. The smallest absolute Gasteiger partial charge is 0.257 e. The number of nitrogens with zero attached hydrogens (tertiary/aromatic N) is 4. The molecule has 1 aliphatic heterocycles. The fourth-order valence-corrected chi connectivity index (χ4v) is 3.39. The Balaban J connectivity index is 1.39. The first kappa shape index (κ1) is 17.5. The molecule has 0 radical (unpaired) electrons. The molecule has 1 amide bonds. The molecule has 0 saturated carbocycles. The maximum atomic E-state index is 12.6. The molecule has 0 N–H and O–H groups in total. The van der Waals surface area contributed by atoms with Crippen molar-refractivity contribution in [2.75, 3.05) is 31.1 Å². The van der Waals surface area contributed by atoms with Gasteiger partial charge in [0.1, 0.15) is 0 Å². The molecule has 1 fully saturated rings. The molecule has 0 aliphatic carbocycles. The number of amides is 1. The van der Waals surface area contributed by atoms with E-state index in [9.17, 15) is 4.79 Å². The third-order valence-electron chi connectivity index (χ3n) is 4.65. The summed E-state index contributed by atoms with van der Waals surface area (Å²) < 4.78 is 5.20. The summed E-state index contributed by atoms with van der Waals surface area (Å²) in [6.07, 6.45) is 0. The van der Waals surface area contributed by atoms with Crippen molar-refractivity contribution in [1.29, 1.82) is 0 Å². The minimum Gasteiger partial charge on any atom is -0.368 e. The highest BCUT2D eigenvalue weighted by molar-refractivity contribution is 6.30. The molecule has 0 unspecified atom stereocenters. The summed E-state index contributed by atoms with van der Waals surface area (Å²) >= 11 is 6.00. The zero-order chi connectivity index (χ0) is 18.8. The van der Waals surface area contributed by atoms with Crippen LogP contribution in [0.25, 0.3) is 11.5 Å². The maximum absolute atomic E-state index is 12.6. The number of anilines is 1. The summed E-state index contributed by atoms with van der Waals surface area (Å²) in [7, 11) is 0. The molecule has 1 saturated heterocycles. The standard InChI is InChI=1S/C20H19ClN4O2/c1-14-22-19(27-23-14)15-5-7-18(8-6-15)24-9-11-25(12-10-24)20(26)16-3-2-4-17(21)13-16/h2-8,13H,9-12H2,1H3. The van der Waals surface area contributed by atoms with Gasteiger partial charge in [0, 0.05) is 48.0 Å². The molecular weight excluding hydrogens is 364 g/mol. The second kappa shape index (κ2) is 7.40. The summed E-state index contributed by atoms with van der Waals surface area (Å²) in [5.41, 5.74) is 2.65. The van der Waals surface area contributed by atoms with Gasteiger partial charge in [-0.25, -0.2) is 0 Å². The minimum absolute atomic E-state index is 0.0271. The zero-order valence-electron chi connectivity index (χ0n) is 14.9. The van der Waals surface area contributed by atoms with E-state index in [0.29, 0.717) is 35.4 Å². The van der Waals surface area contributed by atoms with E-state index in [4.69, 9.17) is 16.1 Å². The molecule has 138 valence electrons. The molecule has 2 aromatic carbocycles. The van der Waals surface area contributed by atoms with E-state index in [1.54, 1.807) is 31.2 Å². The lowest BCUT2D eigenvalue weighted by molar-refractivity contribution is 0.0747. The Hall–Kier alpha value is -2.86. The van der Waals surface area contributed by atoms with Gasteiger partial charge < -0.3 is 14.3 Å². The van der Waals surface area contributed by atoms with Crippen LogP contribution in [0.15, 0.2) is 53.1 Å². The second-order valence-corrected chi connectivity index (χ2v) is 6.92. The first-order valence-electron chi connectivity index (χ1n) is 8.81. The predicted octanol–water partition coefficient (Wildman–Crippen LogP) is 3.66. The highest BCUT2D eigenvalue weighted by Gasteiger charge is 2.22. The van der Waals surface area contributed by atoms with E-state index < -0.39 is 0 Å². The summed E-state index contributed by atoms with van der Waals surface area (Å²) in [5.74, 6) is 1.17.